The number of sulfonamides is 1. The van der Waals surface area contributed by atoms with Crippen LogP contribution in [-0.2, 0) is 19.6 Å². The first-order valence-corrected chi connectivity index (χ1v) is 8.64. The number of ether oxygens (including phenoxy) is 1. The molecule has 2 rings (SSSR count). The Hall–Kier alpha value is -1.15. The third-order valence-corrected chi connectivity index (χ3v) is 5.74. The van der Waals surface area contributed by atoms with Crippen LogP contribution in [0.25, 0.3) is 0 Å². The van der Waals surface area contributed by atoms with Crippen molar-refractivity contribution < 1.29 is 22.7 Å². The van der Waals surface area contributed by atoms with E-state index < -0.39 is 33.0 Å². The van der Waals surface area contributed by atoms with Crippen molar-refractivity contribution in [3.8, 4) is 0 Å². The molecular weight excluding hydrogens is 296 g/mol. The molecule has 1 spiro atoms. The van der Waals surface area contributed by atoms with E-state index in [9.17, 15) is 18.0 Å². The fourth-order valence-electron chi connectivity index (χ4n) is 2.99. The van der Waals surface area contributed by atoms with Crippen LogP contribution >= 0.6 is 0 Å². The third kappa shape index (κ3) is 2.78. The molecule has 2 fully saturated rings. The molecule has 0 N–H and O–H groups in total. The van der Waals surface area contributed by atoms with Gasteiger partial charge in [-0.05, 0) is 27.2 Å². The number of nitrogens with zero attached hydrogens (tertiary/aromatic N) is 2. The minimum atomic E-state index is -3.56. The second-order valence-corrected chi connectivity index (χ2v) is 8.42. The number of likely N-dealkylation sites (tertiary alicyclic amines) is 1. The van der Waals surface area contributed by atoms with Crippen LogP contribution in [0.2, 0.25) is 0 Å². The molecule has 1 atom stereocenters. The Bertz CT molecular complexity index is 566. The van der Waals surface area contributed by atoms with Gasteiger partial charge in [-0.3, -0.25) is 4.79 Å². The SMILES string of the molecule is CCN1C2(CCN(C(=O)OC(C)(C)C)C2)C(=O)CS1(=O)=O. The average Bonchev–Trinajstić information content (AvgIpc) is 2.79. The van der Waals surface area contributed by atoms with Gasteiger partial charge in [-0.15, -0.1) is 0 Å². The van der Waals surface area contributed by atoms with Crippen LogP contribution in [0.3, 0.4) is 0 Å². The summed E-state index contributed by atoms with van der Waals surface area (Å²) in [6.07, 6.45) is -0.175. The molecule has 0 bridgehead atoms. The zero-order chi connectivity index (χ0) is 16.1. The molecule has 0 aromatic rings. The molecule has 2 heterocycles. The number of hydrogen-bond acceptors (Lipinski definition) is 5. The highest BCUT2D eigenvalue weighted by molar-refractivity contribution is 7.90. The Kier molecular flexibility index (Phi) is 3.82. The highest BCUT2D eigenvalue weighted by atomic mass is 32.2. The number of likely N-dealkylation sites (N-methyl/N-ethyl adjacent to an activating group) is 1. The number of amides is 1. The number of carbonyl (C=O) groups excluding carboxylic acids is 2. The maximum atomic E-state index is 12.2. The molecule has 120 valence electrons. The van der Waals surface area contributed by atoms with Gasteiger partial charge in [-0.2, -0.15) is 4.31 Å². The first-order chi connectivity index (χ1) is 9.52. The second-order valence-electron chi connectivity index (χ2n) is 6.53. The lowest BCUT2D eigenvalue weighted by Gasteiger charge is -2.31. The first-order valence-electron chi connectivity index (χ1n) is 7.03. The molecule has 2 saturated heterocycles. The Morgan fingerprint density at radius 2 is 2.00 bits per heavy atom. The Morgan fingerprint density at radius 1 is 1.38 bits per heavy atom. The standard InChI is InChI=1S/C13H22N2O5S/c1-5-15-13(10(16)8-21(15,18)19)6-7-14(9-13)11(17)20-12(2,3)4/h5-9H2,1-4H3. The molecule has 21 heavy (non-hydrogen) atoms. The van der Waals surface area contributed by atoms with Gasteiger partial charge in [0.25, 0.3) is 0 Å². The van der Waals surface area contributed by atoms with Gasteiger partial charge in [0.15, 0.2) is 5.78 Å². The van der Waals surface area contributed by atoms with E-state index in [1.165, 1.54) is 9.21 Å². The minimum absolute atomic E-state index is 0.0772. The summed E-state index contributed by atoms with van der Waals surface area (Å²) in [6.45, 7) is 7.63. The minimum Gasteiger partial charge on any atom is -0.444 e. The lowest BCUT2D eigenvalue weighted by molar-refractivity contribution is -0.123. The highest BCUT2D eigenvalue weighted by Gasteiger charge is 2.59. The largest absolute Gasteiger partial charge is 0.444 e. The quantitative estimate of drug-likeness (QED) is 0.707. The molecule has 0 saturated carbocycles. The first kappa shape index (κ1) is 16.2. The van der Waals surface area contributed by atoms with Crippen LogP contribution in [0.5, 0.6) is 0 Å². The highest BCUT2D eigenvalue weighted by Crippen LogP contribution is 2.37. The van der Waals surface area contributed by atoms with Crippen LogP contribution in [0.4, 0.5) is 4.79 Å². The number of ketones is 1. The summed E-state index contributed by atoms with van der Waals surface area (Å²) < 4.78 is 30.6. The van der Waals surface area contributed by atoms with Gasteiger partial charge in [-0.1, -0.05) is 6.92 Å². The molecule has 7 nitrogen and oxygen atoms in total. The van der Waals surface area contributed by atoms with Crippen LogP contribution < -0.4 is 0 Å². The lowest BCUT2D eigenvalue weighted by atomic mass is 9.94. The number of Topliss-reactive ketones (excluding diaryl/α,β-unsaturated/α-hetero) is 1. The summed E-state index contributed by atoms with van der Waals surface area (Å²) in [5, 5.41) is 0. The van der Waals surface area contributed by atoms with Crippen LogP contribution in [-0.4, -0.2) is 66.0 Å². The Balaban J connectivity index is 2.21. The maximum absolute atomic E-state index is 12.2. The molecule has 0 aliphatic carbocycles. The molecule has 8 heteroatoms. The number of carbonyl (C=O) groups is 2. The lowest BCUT2D eigenvalue weighted by Crippen LogP contribution is -2.52. The van der Waals surface area contributed by atoms with E-state index in [0.717, 1.165) is 0 Å². The van der Waals surface area contributed by atoms with Crippen molar-refractivity contribution in [1.82, 2.24) is 9.21 Å². The van der Waals surface area contributed by atoms with E-state index >= 15 is 0 Å². The zero-order valence-corrected chi connectivity index (χ0v) is 13.7. The Labute approximate surface area is 125 Å². The maximum Gasteiger partial charge on any atom is 0.410 e. The van der Waals surface area contributed by atoms with E-state index in [4.69, 9.17) is 4.74 Å². The molecule has 1 amide bonds. The van der Waals surface area contributed by atoms with Gasteiger partial charge in [0, 0.05) is 13.1 Å². The predicted molar refractivity (Wildman–Crippen MR) is 76.3 cm³/mol. The molecule has 2 aliphatic heterocycles. The monoisotopic (exact) mass is 318 g/mol. The van der Waals surface area contributed by atoms with E-state index in [1.54, 1.807) is 27.7 Å². The van der Waals surface area contributed by atoms with E-state index in [0.29, 0.717) is 13.0 Å². The predicted octanol–water partition coefficient (Wildman–Crippen LogP) is 0.600. The molecular formula is C13H22N2O5S. The molecule has 0 aromatic heterocycles. The molecule has 0 aromatic carbocycles. The summed E-state index contributed by atoms with van der Waals surface area (Å²) in [6, 6.07) is 0. The van der Waals surface area contributed by atoms with Crippen LogP contribution in [0.15, 0.2) is 0 Å². The van der Waals surface area contributed by atoms with E-state index in [2.05, 4.69) is 0 Å². The second kappa shape index (κ2) is 4.95. The van der Waals surface area contributed by atoms with Crippen molar-refractivity contribution in [3.05, 3.63) is 0 Å². The summed E-state index contributed by atoms with van der Waals surface area (Å²) in [5.74, 6) is -0.793. The summed E-state index contributed by atoms with van der Waals surface area (Å²) in [7, 11) is -3.56. The van der Waals surface area contributed by atoms with Gasteiger partial charge >= 0.3 is 6.09 Å². The third-order valence-electron chi connectivity index (χ3n) is 3.83. The van der Waals surface area contributed by atoms with Gasteiger partial charge in [0.2, 0.25) is 10.0 Å². The summed E-state index contributed by atoms with van der Waals surface area (Å²) >= 11 is 0. The normalized spacial score (nSPS) is 29.3. The number of rotatable bonds is 1. The number of hydrogen-bond donors (Lipinski definition) is 0. The van der Waals surface area contributed by atoms with Crippen molar-refractivity contribution in [2.75, 3.05) is 25.4 Å². The van der Waals surface area contributed by atoms with Gasteiger partial charge in [-0.25, -0.2) is 13.2 Å². The summed E-state index contributed by atoms with van der Waals surface area (Å²) in [4.78, 5) is 25.7. The Morgan fingerprint density at radius 3 is 2.52 bits per heavy atom. The van der Waals surface area contributed by atoms with Gasteiger partial charge < -0.3 is 9.64 Å². The fourth-order valence-corrected chi connectivity index (χ4v) is 4.92. The van der Waals surface area contributed by atoms with Crippen molar-refractivity contribution in [2.24, 2.45) is 0 Å². The van der Waals surface area contributed by atoms with Crippen molar-refractivity contribution >= 4 is 21.9 Å². The van der Waals surface area contributed by atoms with Crippen molar-refractivity contribution in [3.63, 3.8) is 0 Å². The molecule has 2 aliphatic rings. The topological polar surface area (TPSA) is 84.0 Å². The zero-order valence-electron chi connectivity index (χ0n) is 12.9. The molecule has 0 radical (unpaired) electrons. The van der Waals surface area contributed by atoms with Gasteiger partial charge in [0.05, 0.1) is 6.54 Å². The van der Waals surface area contributed by atoms with E-state index in [-0.39, 0.29) is 18.9 Å². The smallest absolute Gasteiger partial charge is 0.410 e. The summed E-state index contributed by atoms with van der Waals surface area (Å²) in [5.41, 5.74) is -1.71. The fraction of sp³-hybridized carbons (Fsp3) is 0.846. The van der Waals surface area contributed by atoms with Crippen molar-refractivity contribution in [2.45, 2.75) is 45.3 Å². The average molecular weight is 318 g/mol. The van der Waals surface area contributed by atoms with E-state index in [1.807, 2.05) is 0 Å². The molecule has 1 unspecified atom stereocenters. The van der Waals surface area contributed by atoms with Crippen LogP contribution in [0.1, 0.15) is 34.1 Å². The van der Waals surface area contributed by atoms with Gasteiger partial charge in [0.1, 0.15) is 16.9 Å². The van der Waals surface area contributed by atoms with Crippen LogP contribution in [0, 0.1) is 0 Å². The van der Waals surface area contributed by atoms with Crippen molar-refractivity contribution in [1.29, 1.82) is 0 Å².